The third kappa shape index (κ3) is 3.11. The summed E-state index contributed by atoms with van der Waals surface area (Å²) < 4.78 is 5.35. The van der Waals surface area contributed by atoms with Gasteiger partial charge in [0, 0.05) is 32.2 Å². The minimum absolute atomic E-state index is 0.132. The van der Waals surface area contributed by atoms with Crippen LogP contribution in [0.25, 0.3) is 10.4 Å². The molecule has 0 atom stereocenters. The third-order valence-electron chi connectivity index (χ3n) is 4.28. The van der Waals surface area contributed by atoms with Gasteiger partial charge in [-0.1, -0.05) is 29.8 Å². The van der Waals surface area contributed by atoms with Crippen LogP contribution in [0.5, 0.6) is 5.75 Å². The zero-order chi connectivity index (χ0) is 18.3. The number of rotatable bonds is 3. The normalized spacial score (nSPS) is 12.3. The van der Waals surface area contributed by atoms with Gasteiger partial charge in [0.05, 0.1) is 17.7 Å². The summed E-state index contributed by atoms with van der Waals surface area (Å²) in [6.07, 6.45) is 0. The van der Waals surface area contributed by atoms with Crippen molar-refractivity contribution < 1.29 is 9.53 Å². The second-order valence-corrected chi connectivity index (χ2v) is 8.48. The van der Waals surface area contributed by atoms with Gasteiger partial charge in [-0.25, -0.2) is 0 Å². The Morgan fingerprint density at radius 3 is 2.85 bits per heavy atom. The van der Waals surface area contributed by atoms with Gasteiger partial charge in [-0.3, -0.25) is 4.79 Å². The Balaban J connectivity index is 1.66. The SMILES string of the molecule is COc1cc(Cl)c(C)cc1NC(=O)c1cc2c(s1)-c1ccccc1SC2. The zero-order valence-electron chi connectivity index (χ0n) is 14.3. The minimum atomic E-state index is -0.132. The Morgan fingerprint density at radius 1 is 1.23 bits per heavy atom. The van der Waals surface area contributed by atoms with E-state index < -0.39 is 0 Å². The van der Waals surface area contributed by atoms with Gasteiger partial charge in [0.2, 0.25) is 0 Å². The second kappa shape index (κ2) is 6.99. The van der Waals surface area contributed by atoms with E-state index in [0.29, 0.717) is 21.3 Å². The number of hydrogen-bond donors (Lipinski definition) is 1. The first kappa shape index (κ1) is 17.5. The van der Waals surface area contributed by atoms with E-state index in [9.17, 15) is 4.79 Å². The van der Waals surface area contributed by atoms with Crippen LogP contribution in [0.15, 0.2) is 47.4 Å². The average molecular weight is 402 g/mol. The molecule has 0 spiro atoms. The highest BCUT2D eigenvalue weighted by atomic mass is 35.5. The predicted octanol–water partition coefficient (Wildman–Crippen LogP) is 6.24. The molecule has 0 saturated carbocycles. The molecular weight excluding hydrogens is 386 g/mol. The van der Waals surface area contributed by atoms with Gasteiger partial charge in [-0.15, -0.1) is 23.1 Å². The molecule has 0 unspecified atom stereocenters. The molecule has 3 nitrogen and oxygen atoms in total. The molecular formula is C20H16ClNO2S2. The Labute approximate surface area is 165 Å². The van der Waals surface area contributed by atoms with Crippen LogP contribution in [0.1, 0.15) is 20.8 Å². The maximum Gasteiger partial charge on any atom is 0.265 e. The number of nitrogens with one attached hydrogen (secondary N) is 1. The number of halogens is 1. The molecule has 1 aliphatic rings. The Hall–Kier alpha value is -1.95. The van der Waals surface area contributed by atoms with E-state index in [1.54, 1.807) is 13.2 Å². The number of carbonyl (C=O) groups excluding carboxylic acids is 1. The average Bonchev–Trinajstić information content (AvgIpc) is 3.09. The topological polar surface area (TPSA) is 38.3 Å². The van der Waals surface area contributed by atoms with Gasteiger partial charge < -0.3 is 10.1 Å². The van der Waals surface area contributed by atoms with Gasteiger partial charge in [-0.2, -0.15) is 0 Å². The predicted molar refractivity (Wildman–Crippen MR) is 110 cm³/mol. The molecule has 0 fully saturated rings. The van der Waals surface area contributed by atoms with Crippen molar-refractivity contribution in [3.8, 4) is 16.2 Å². The van der Waals surface area contributed by atoms with Crippen LogP contribution >= 0.6 is 34.7 Å². The first-order valence-corrected chi connectivity index (χ1v) is 10.2. The van der Waals surface area contributed by atoms with E-state index in [2.05, 4.69) is 17.4 Å². The van der Waals surface area contributed by atoms with E-state index in [0.717, 1.165) is 11.3 Å². The molecule has 1 aliphatic heterocycles. The Kier molecular flexibility index (Phi) is 4.69. The summed E-state index contributed by atoms with van der Waals surface area (Å²) in [7, 11) is 1.56. The summed E-state index contributed by atoms with van der Waals surface area (Å²) in [5.41, 5.74) is 3.94. The molecule has 1 N–H and O–H groups in total. The maximum absolute atomic E-state index is 12.8. The Bertz CT molecular complexity index is 1010. The van der Waals surface area contributed by atoms with Crippen molar-refractivity contribution in [3.05, 3.63) is 63.5 Å². The highest BCUT2D eigenvalue weighted by Gasteiger charge is 2.22. The van der Waals surface area contributed by atoms with Crippen LogP contribution in [0.3, 0.4) is 0 Å². The smallest absolute Gasteiger partial charge is 0.265 e. The lowest BCUT2D eigenvalue weighted by Gasteiger charge is -2.14. The lowest BCUT2D eigenvalue weighted by atomic mass is 10.1. The van der Waals surface area contributed by atoms with Crippen LogP contribution in [0.2, 0.25) is 5.02 Å². The first-order chi connectivity index (χ1) is 12.6. The summed E-state index contributed by atoms with van der Waals surface area (Å²) in [6.45, 7) is 1.90. The largest absolute Gasteiger partial charge is 0.495 e. The molecule has 6 heteroatoms. The minimum Gasteiger partial charge on any atom is -0.495 e. The molecule has 1 aromatic heterocycles. The third-order valence-corrected chi connectivity index (χ3v) is 7.02. The van der Waals surface area contributed by atoms with Crippen LogP contribution in [-0.2, 0) is 5.75 Å². The second-order valence-electron chi connectivity index (χ2n) is 6.01. The number of anilines is 1. The summed E-state index contributed by atoms with van der Waals surface area (Å²) >= 11 is 9.49. The summed E-state index contributed by atoms with van der Waals surface area (Å²) in [5.74, 6) is 1.31. The van der Waals surface area contributed by atoms with E-state index >= 15 is 0 Å². The van der Waals surface area contributed by atoms with Gasteiger partial charge in [-0.05, 0) is 36.2 Å². The molecule has 0 saturated heterocycles. The molecule has 0 radical (unpaired) electrons. The molecule has 4 rings (SSSR count). The summed E-state index contributed by atoms with van der Waals surface area (Å²) in [5, 5.41) is 3.57. The number of benzene rings is 2. The van der Waals surface area contributed by atoms with Crippen LogP contribution in [0.4, 0.5) is 5.69 Å². The standard InChI is InChI=1S/C20H16ClNO2S2/c1-11-7-15(16(24-2)9-14(11)21)22-20(23)18-8-12-10-25-17-6-4-3-5-13(17)19(12)26-18/h3-9H,10H2,1-2H3,(H,22,23). The lowest BCUT2D eigenvalue weighted by Crippen LogP contribution is -2.11. The number of hydrogen-bond acceptors (Lipinski definition) is 4. The van der Waals surface area contributed by atoms with Gasteiger partial charge >= 0.3 is 0 Å². The van der Waals surface area contributed by atoms with Crippen molar-refractivity contribution in [2.45, 2.75) is 17.6 Å². The van der Waals surface area contributed by atoms with Crippen molar-refractivity contribution in [3.63, 3.8) is 0 Å². The van der Waals surface area contributed by atoms with Crippen molar-refractivity contribution in [2.24, 2.45) is 0 Å². The van der Waals surface area contributed by atoms with Crippen LogP contribution in [-0.4, -0.2) is 13.0 Å². The van der Waals surface area contributed by atoms with Gasteiger partial charge in [0.25, 0.3) is 5.91 Å². The molecule has 2 heterocycles. The quantitative estimate of drug-likeness (QED) is 0.564. The lowest BCUT2D eigenvalue weighted by molar-refractivity contribution is 0.103. The first-order valence-electron chi connectivity index (χ1n) is 8.07. The van der Waals surface area contributed by atoms with Crippen molar-refractivity contribution in [2.75, 3.05) is 12.4 Å². The fraction of sp³-hybridized carbons (Fsp3) is 0.150. The van der Waals surface area contributed by atoms with Crippen LogP contribution in [0, 0.1) is 6.92 Å². The van der Waals surface area contributed by atoms with Gasteiger partial charge in [0.1, 0.15) is 5.75 Å². The molecule has 0 aliphatic carbocycles. The highest BCUT2D eigenvalue weighted by molar-refractivity contribution is 7.98. The number of thiophene rings is 1. The van der Waals surface area contributed by atoms with Gasteiger partial charge in [0.15, 0.2) is 0 Å². The van der Waals surface area contributed by atoms with Crippen molar-refractivity contribution >= 4 is 46.3 Å². The Morgan fingerprint density at radius 2 is 2.04 bits per heavy atom. The van der Waals surface area contributed by atoms with E-state index in [4.69, 9.17) is 16.3 Å². The number of thioether (sulfide) groups is 1. The van der Waals surface area contributed by atoms with E-state index in [1.165, 1.54) is 32.2 Å². The van der Waals surface area contributed by atoms with E-state index in [-0.39, 0.29) is 5.91 Å². The van der Waals surface area contributed by atoms with Crippen molar-refractivity contribution in [1.29, 1.82) is 0 Å². The molecule has 2 aromatic carbocycles. The number of ether oxygens (including phenoxy) is 1. The fourth-order valence-corrected chi connectivity index (χ4v) is 5.39. The maximum atomic E-state index is 12.8. The molecule has 1 amide bonds. The molecule has 132 valence electrons. The highest BCUT2D eigenvalue weighted by Crippen LogP contribution is 2.45. The number of methoxy groups -OCH3 is 1. The number of aryl methyl sites for hydroxylation is 1. The van der Waals surface area contributed by atoms with Crippen molar-refractivity contribution in [1.82, 2.24) is 0 Å². The monoisotopic (exact) mass is 401 g/mol. The fourth-order valence-electron chi connectivity index (χ4n) is 2.93. The zero-order valence-corrected chi connectivity index (χ0v) is 16.6. The van der Waals surface area contributed by atoms with Crippen LogP contribution < -0.4 is 10.1 Å². The number of fused-ring (bicyclic) bond motifs is 3. The molecule has 3 aromatic rings. The summed E-state index contributed by atoms with van der Waals surface area (Å²) in [6, 6.07) is 13.9. The number of amides is 1. The number of carbonyl (C=O) groups is 1. The molecule has 26 heavy (non-hydrogen) atoms. The van der Waals surface area contributed by atoms with E-state index in [1.807, 2.05) is 43.0 Å². The summed E-state index contributed by atoms with van der Waals surface area (Å²) in [4.78, 5) is 16.0. The molecule has 0 bridgehead atoms.